The largest absolute Gasteiger partial charge is 0.342 e. The van der Waals surface area contributed by atoms with Crippen molar-refractivity contribution >= 4 is 21.7 Å². The Morgan fingerprint density at radius 3 is 2.15 bits per heavy atom. The van der Waals surface area contributed by atoms with E-state index in [1.54, 1.807) is 13.8 Å². The highest BCUT2D eigenvalue weighted by atomic mass is 32.2. The van der Waals surface area contributed by atoms with Crippen LogP contribution in [0.4, 0.5) is 0 Å². The fraction of sp³-hybridized carbons (Fsp3) is 0.846. The lowest BCUT2D eigenvalue weighted by Gasteiger charge is -2.47. The van der Waals surface area contributed by atoms with Gasteiger partial charge in [0.2, 0.25) is 11.8 Å². The maximum absolute atomic E-state index is 12.6. The number of amides is 2. The van der Waals surface area contributed by atoms with Crippen molar-refractivity contribution in [3.63, 3.8) is 0 Å². The van der Waals surface area contributed by atoms with Crippen molar-refractivity contribution in [2.45, 2.75) is 46.2 Å². The number of carbonyl (C=O) groups is 2. The van der Waals surface area contributed by atoms with E-state index in [4.69, 9.17) is 0 Å². The lowest BCUT2D eigenvalue weighted by atomic mass is 9.82. The lowest BCUT2D eigenvalue weighted by Crippen LogP contribution is -2.71. The number of nitrogens with zero attached hydrogens (tertiary/aromatic N) is 1. The van der Waals surface area contributed by atoms with Crippen LogP contribution in [0.1, 0.15) is 34.6 Å². The summed E-state index contributed by atoms with van der Waals surface area (Å²) in [4.78, 5) is 26.1. The Labute approximate surface area is 120 Å². The second kappa shape index (κ2) is 5.02. The molecule has 116 valence electrons. The molecule has 0 aromatic heterocycles. The number of carbonyl (C=O) groups excluding carboxylic acids is 2. The number of hydrogen-bond donors (Lipinski definition) is 1. The number of sulfone groups is 1. The molecule has 1 unspecified atom stereocenters. The van der Waals surface area contributed by atoms with Crippen LogP contribution in [0.25, 0.3) is 0 Å². The average Bonchev–Trinajstić information content (AvgIpc) is 2.19. The van der Waals surface area contributed by atoms with Gasteiger partial charge in [-0.15, -0.1) is 0 Å². The van der Waals surface area contributed by atoms with Crippen molar-refractivity contribution < 1.29 is 18.0 Å². The predicted octanol–water partition coefficient (Wildman–Crippen LogP) is 0.183. The first kappa shape index (κ1) is 16.9. The molecule has 1 aliphatic rings. The van der Waals surface area contributed by atoms with Gasteiger partial charge in [-0.2, -0.15) is 0 Å². The predicted molar refractivity (Wildman–Crippen MR) is 76.9 cm³/mol. The van der Waals surface area contributed by atoms with Crippen LogP contribution in [0, 0.1) is 5.41 Å². The van der Waals surface area contributed by atoms with Gasteiger partial charge in [0.1, 0.15) is 21.4 Å². The summed E-state index contributed by atoms with van der Waals surface area (Å²) in [5.41, 5.74) is -1.46. The average molecular weight is 304 g/mol. The van der Waals surface area contributed by atoms with Gasteiger partial charge in [-0.1, -0.05) is 20.8 Å². The summed E-state index contributed by atoms with van der Waals surface area (Å²) in [6, 6.07) is -0.636. The quantitative estimate of drug-likeness (QED) is 0.806. The molecule has 0 aromatic rings. The van der Waals surface area contributed by atoms with Gasteiger partial charge in [-0.05, 0) is 19.3 Å². The third-order valence-corrected chi connectivity index (χ3v) is 4.49. The molecule has 0 spiro atoms. The van der Waals surface area contributed by atoms with Crippen LogP contribution >= 0.6 is 0 Å². The fourth-order valence-corrected chi connectivity index (χ4v) is 2.67. The second-order valence-corrected chi connectivity index (χ2v) is 9.21. The van der Waals surface area contributed by atoms with Gasteiger partial charge in [-0.3, -0.25) is 9.59 Å². The number of rotatable bonds is 3. The Bertz CT molecular complexity index is 517. The standard InChI is InChI=1S/C13H24N2O4S/c1-12(2,3)9-10(16)15(7-8-20(6,18)19)13(4,5)11(17)14-9/h9H,7-8H2,1-6H3,(H,14,17). The van der Waals surface area contributed by atoms with E-state index in [9.17, 15) is 18.0 Å². The van der Waals surface area contributed by atoms with Gasteiger partial charge in [0.15, 0.2) is 0 Å². The molecule has 1 atom stereocenters. The Balaban J connectivity index is 3.08. The highest BCUT2D eigenvalue weighted by molar-refractivity contribution is 7.90. The summed E-state index contributed by atoms with van der Waals surface area (Å²) in [5, 5.41) is 2.74. The molecule has 6 nitrogen and oxygen atoms in total. The minimum atomic E-state index is -3.19. The third kappa shape index (κ3) is 3.50. The fourth-order valence-electron chi connectivity index (χ4n) is 2.16. The molecule has 20 heavy (non-hydrogen) atoms. The molecule has 0 aliphatic carbocycles. The molecule has 0 aromatic carbocycles. The second-order valence-electron chi connectivity index (χ2n) is 6.95. The molecule has 1 rings (SSSR count). The van der Waals surface area contributed by atoms with Crippen LogP contribution in [0.5, 0.6) is 0 Å². The van der Waals surface area contributed by atoms with Crippen LogP contribution in [0.2, 0.25) is 0 Å². The van der Waals surface area contributed by atoms with Crippen molar-refractivity contribution in [2.75, 3.05) is 18.6 Å². The Morgan fingerprint density at radius 2 is 1.75 bits per heavy atom. The van der Waals surface area contributed by atoms with Crippen LogP contribution in [0.3, 0.4) is 0 Å². The molecule has 1 N–H and O–H groups in total. The van der Waals surface area contributed by atoms with Crippen molar-refractivity contribution in [3.8, 4) is 0 Å². The van der Waals surface area contributed by atoms with Crippen molar-refractivity contribution in [2.24, 2.45) is 5.41 Å². The van der Waals surface area contributed by atoms with Gasteiger partial charge >= 0.3 is 0 Å². The van der Waals surface area contributed by atoms with Crippen LogP contribution < -0.4 is 5.32 Å². The summed E-state index contributed by atoms with van der Waals surface area (Å²) in [7, 11) is -3.19. The molecule has 7 heteroatoms. The Kier molecular flexibility index (Phi) is 4.25. The van der Waals surface area contributed by atoms with E-state index in [2.05, 4.69) is 5.32 Å². The van der Waals surface area contributed by atoms with E-state index in [0.29, 0.717) is 0 Å². The van der Waals surface area contributed by atoms with Gasteiger partial charge < -0.3 is 10.2 Å². The molecule has 1 fully saturated rings. The Hall–Kier alpha value is -1.11. The van der Waals surface area contributed by atoms with Gasteiger partial charge in [0.05, 0.1) is 5.75 Å². The SMILES string of the molecule is CC(C)(C)C1NC(=O)C(C)(C)N(CCS(C)(=O)=O)C1=O. The molecule has 0 radical (unpaired) electrons. The minimum Gasteiger partial charge on any atom is -0.342 e. The molecule has 0 saturated carbocycles. The first-order chi connectivity index (χ1) is 8.77. The summed E-state index contributed by atoms with van der Waals surface area (Å²) in [6.07, 6.45) is 1.12. The number of nitrogens with one attached hydrogen (secondary N) is 1. The topological polar surface area (TPSA) is 83.6 Å². The molecule has 2 amide bonds. The van der Waals surface area contributed by atoms with Crippen molar-refractivity contribution in [3.05, 3.63) is 0 Å². The molecular weight excluding hydrogens is 280 g/mol. The monoisotopic (exact) mass is 304 g/mol. The van der Waals surface area contributed by atoms with Crippen LogP contribution in [0.15, 0.2) is 0 Å². The summed E-state index contributed by atoms with van der Waals surface area (Å²) < 4.78 is 22.6. The third-order valence-electron chi connectivity index (χ3n) is 3.57. The molecule has 1 heterocycles. The molecule has 1 aliphatic heterocycles. The highest BCUT2D eigenvalue weighted by Crippen LogP contribution is 2.29. The molecule has 1 saturated heterocycles. The summed E-state index contributed by atoms with van der Waals surface area (Å²) >= 11 is 0. The van der Waals surface area contributed by atoms with Crippen LogP contribution in [-0.4, -0.2) is 55.3 Å². The van der Waals surface area contributed by atoms with E-state index in [0.717, 1.165) is 6.26 Å². The zero-order chi connectivity index (χ0) is 15.9. The van der Waals surface area contributed by atoms with Gasteiger partial charge in [-0.25, -0.2) is 8.42 Å². The normalized spacial score (nSPS) is 23.7. The minimum absolute atomic E-state index is 0.0324. The lowest BCUT2D eigenvalue weighted by molar-refractivity contribution is -0.157. The zero-order valence-corrected chi connectivity index (χ0v) is 13.8. The summed E-state index contributed by atoms with van der Waals surface area (Å²) in [5.74, 6) is -0.636. The van der Waals surface area contributed by atoms with Crippen LogP contribution in [-0.2, 0) is 19.4 Å². The number of piperazine rings is 1. The van der Waals surface area contributed by atoms with Crippen molar-refractivity contribution in [1.29, 1.82) is 0 Å². The maximum atomic E-state index is 12.6. The zero-order valence-electron chi connectivity index (χ0n) is 13.0. The summed E-state index contributed by atoms with van der Waals surface area (Å²) in [6.45, 7) is 8.88. The van der Waals surface area contributed by atoms with E-state index in [-0.39, 0.29) is 24.1 Å². The molecule has 0 bridgehead atoms. The van der Waals surface area contributed by atoms with Crippen molar-refractivity contribution in [1.82, 2.24) is 10.2 Å². The van der Waals surface area contributed by atoms with Gasteiger partial charge in [0, 0.05) is 12.8 Å². The number of hydrogen-bond acceptors (Lipinski definition) is 4. The van der Waals surface area contributed by atoms with E-state index in [1.807, 2.05) is 20.8 Å². The first-order valence-electron chi connectivity index (χ1n) is 6.57. The highest BCUT2D eigenvalue weighted by Gasteiger charge is 2.49. The smallest absolute Gasteiger partial charge is 0.246 e. The van der Waals surface area contributed by atoms with E-state index < -0.39 is 26.8 Å². The first-order valence-corrected chi connectivity index (χ1v) is 8.63. The van der Waals surface area contributed by atoms with E-state index >= 15 is 0 Å². The van der Waals surface area contributed by atoms with Gasteiger partial charge in [0.25, 0.3) is 0 Å². The Morgan fingerprint density at radius 1 is 1.25 bits per heavy atom. The maximum Gasteiger partial charge on any atom is 0.246 e. The van der Waals surface area contributed by atoms with E-state index in [1.165, 1.54) is 4.90 Å². The molecular formula is C13H24N2O4S.